The maximum absolute atomic E-state index is 12.5. The van der Waals surface area contributed by atoms with E-state index in [2.05, 4.69) is 0 Å². The monoisotopic (exact) mass is 333 g/mol. The van der Waals surface area contributed by atoms with Gasteiger partial charge in [-0.25, -0.2) is 0 Å². The van der Waals surface area contributed by atoms with Crippen molar-refractivity contribution in [2.75, 3.05) is 5.73 Å². The molecule has 2 amide bonds. The van der Waals surface area contributed by atoms with Crippen molar-refractivity contribution >= 4 is 23.5 Å². The number of primary amides is 1. The van der Waals surface area contributed by atoms with Crippen LogP contribution >= 0.6 is 0 Å². The molecule has 0 radical (unpaired) electrons. The van der Waals surface area contributed by atoms with E-state index in [9.17, 15) is 14.4 Å². The topological polar surface area (TPSA) is 116 Å². The van der Waals surface area contributed by atoms with Crippen LogP contribution in [-0.2, 0) is 20.9 Å². The molecule has 1 atom stereocenters. The number of rotatable bonds is 5. The lowest BCUT2D eigenvalue weighted by Gasteiger charge is -2.25. The van der Waals surface area contributed by atoms with Gasteiger partial charge in [0, 0.05) is 29.8 Å². The van der Waals surface area contributed by atoms with Crippen molar-refractivity contribution in [2.45, 2.75) is 51.8 Å². The van der Waals surface area contributed by atoms with Crippen LogP contribution in [0.4, 0.5) is 5.69 Å². The Kier molecular flexibility index (Phi) is 4.82. The molecule has 2 rings (SSSR count). The maximum Gasteiger partial charge on any atom is 0.306 e. The van der Waals surface area contributed by atoms with Crippen LogP contribution in [0.15, 0.2) is 18.2 Å². The van der Waals surface area contributed by atoms with Crippen LogP contribution in [0, 0.1) is 0 Å². The second-order valence-corrected chi connectivity index (χ2v) is 6.85. The Morgan fingerprint density at radius 1 is 1.33 bits per heavy atom. The zero-order valence-electron chi connectivity index (χ0n) is 14.2. The minimum atomic E-state index is -0.878. The molecular formula is C17H23N3O4. The molecule has 0 saturated heterocycles. The quantitative estimate of drug-likeness (QED) is 0.620. The number of nitrogen functional groups attached to an aromatic ring is 1. The Morgan fingerprint density at radius 2 is 2.00 bits per heavy atom. The molecule has 7 heteroatoms. The van der Waals surface area contributed by atoms with Crippen molar-refractivity contribution in [1.29, 1.82) is 0 Å². The van der Waals surface area contributed by atoms with Gasteiger partial charge >= 0.3 is 5.97 Å². The zero-order valence-corrected chi connectivity index (χ0v) is 14.2. The fraction of sp³-hybridized carbons (Fsp3) is 0.471. The van der Waals surface area contributed by atoms with Gasteiger partial charge in [0.15, 0.2) is 0 Å². The highest BCUT2D eigenvalue weighted by Crippen LogP contribution is 2.30. The van der Waals surface area contributed by atoms with Gasteiger partial charge in [-0.05, 0) is 39.3 Å². The number of nitrogens with two attached hydrogens (primary N) is 2. The summed E-state index contributed by atoms with van der Waals surface area (Å²) in [7, 11) is 0. The first-order valence-corrected chi connectivity index (χ1v) is 7.79. The van der Waals surface area contributed by atoms with Crippen LogP contribution in [0.3, 0.4) is 0 Å². The molecule has 1 heterocycles. The van der Waals surface area contributed by atoms with Gasteiger partial charge in [0.1, 0.15) is 11.6 Å². The summed E-state index contributed by atoms with van der Waals surface area (Å²) >= 11 is 0. The van der Waals surface area contributed by atoms with Crippen LogP contribution in [0.25, 0.3) is 0 Å². The number of carbonyl (C=O) groups excluding carboxylic acids is 3. The number of fused-ring (bicyclic) bond motifs is 1. The predicted molar refractivity (Wildman–Crippen MR) is 88.8 cm³/mol. The SMILES string of the molecule is CC(C)(C)OC(=O)CC[C@H](C(N)=O)N1Cc2c(N)cccc2C1=O. The van der Waals surface area contributed by atoms with Crippen LogP contribution in [0.1, 0.15) is 49.5 Å². The van der Waals surface area contributed by atoms with E-state index in [1.165, 1.54) is 4.90 Å². The van der Waals surface area contributed by atoms with E-state index in [4.69, 9.17) is 16.2 Å². The van der Waals surface area contributed by atoms with Crippen molar-refractivity contribution in [2.24, 2.45) is 5.73 Å². The Balaban J connectivity index is 2.10. The summed E-state index contributed by atoms with van der Waals surface area (Å²) in [6, 6.07) is 4.18. The lowest BCUT2D eigenvalue weighted by atomic mass is 10.1. The van der Waals surface area contributed by atoms with Gasteiger partial charge in [-0.1, -0.05) is 6.07 Å². The normalized spacial score (nSPS) is 15.1. The van der Waals surface area contributed by atoms with Gasteiger partial charge in [-0.3, -0.25) is 14.4 Å². The standard InChI is InChI=1S/C17H23N3O4/c1-17(2,3)24-14(21)8-7-13(15(19)22)20-9-11-10(16(20)23)5-4-6-12(11)18/h4-6,13H,7-9,18H2,1-3H3,(H2,19,22)/t13-/m1/s1. The molecule has 1 aliphatic heterocycles. The van der Waals surface area contributed by atoms with Crippen molar-refractivity contribution in [3.63, 3.8) is 0 Å². The van der Waals surface area contributed by atoms with Gasteiger partial charge in [0.2, 0.25) is 5.91 Å². The van der Waals surface area contributed by atoms with E-state index in [-0.39, 0.29) is 25.3 Å². The van der Waals surface area contributed by atoms with Gasteiger partial charge in [-0.15, -0.1) is 0 Å². The Morgan fingerprint density at radius 3 is 2.54 bits per heavy atom. The van der Waals surface area contributed by atoms with Gasteiger partial charge in [0.05, 0.1) is 0 Å². The van der Waals surface area contributed by atoms with E-state index in [0.29, 0.717) is 16.8 Å². The number of esters is 1. The second-order valence-electron chi connectivity index (χ2n) is 6.85. The minimum absolute atomic E-state index is 0.000480. The van der Waals surface area contributed by atoms with Gasteiger partial charge in [0.25, 0.3) is 5.91 Å². The molecule has 130 valence electrons. The number of hydrogen-bond donors (Lipinski definition) is 2. The third-order valence-electron chi connectivity index (χ3n) is 3.78. The first-order chi connectivity index (χ1) is 11.1. The van der Waals surface area contributed by atoms with Crippen LogP contribution in [-0.4, -0.2) is 34.3 Å². The van der Waals surface area contributed by atoms with Crippen molar-refractivity contribution in [3.8, 4) is 0 Å². The highest BCUT2D eigenvalue weighted by atomic mass is 16.6. The van der Waals surface area contributed by atoms with Gasteiger partial charge < -0.3 is 21.1 Å². The third kappa shape index (κ3) is 3.84. The Bertz CT molecular complexity index is 679. The number of benzene rings is 1. The summed E-state index contributed by atoms with van der Waals surface area (Å²) in [5, 5.41) is 0. The highest BCUT2D eigenvalue weighted by molar-refractivity contribution is 6.02. The van der Waals surface area contributed by atoms with E-state index < -0.39 is 23.5 Å². The summed E-state index contributed by atoms with van der Waals surface area (Å²) < 4.78 is 5.22. The van der Waals surface area contributed by atoms with Crippen molar-refractivity contribution in [3.05, 3.63) is 29.3 Å². The largest absolute Gasteiger partial charge is 0.460 e. The zero-order chi connectivity index (χ0) is 18.1. The Hall–Kier alpha value is -2.57. The fourth-order valence-corrected chi connectivity index (χ4v) is 2.73. The first-order valence-electron chi connectivity index (χ1n) is 7.79. The van der Waals surface area contributed by atoms with E-state index in [0.717, 1.165) is 0 Å². The molecule has 0 spiro atoms. The summed E-state index contributed by atoms with van der Waals surface area (Å²) in [6.45, 7) is 5.50. The number of nitrogens with zero attached hydrogens (tertiary/aromatic N) is 1. The number of amides is 2. The summed E-state index contributed by atoms with van der Waals surface area (Å²) in [6.07, 6.45) is 0.115. The lowest BCUT2D eigenvalue weighted by Crippen LogP contribution is -2.45. The molecule has 1 aromatic rings. The Labute approximate surface area is 140 Å². The molecule has 0 unspecified atom stereocenters. The molecule has 0 bridgehead atoms. The molecule has 4 N–H and O–H groups in total. The molecule has 0 aromatic heterocycles. The third-order valence-corrected chi connectivity index (χ3v) is 3.78. The second kappa shape index (κ2) is 6.51. The maximum atomic E-state index is 12.5. The summed E-state index contributed by atoms with van der Waals surface area (Å²) in [5.41, 5.74) is 12.4. The molecule has 1 aliphatic rings. The predicted octanol–water partition coefficient (Wildman–Crippen LogP) is 1.20. The molecular weight excluding hydrogens is 310 g/mol. The lowest BCUT2D eigenvalue weighted by molar-refractivity contribution is -0.155. The number of carbonyl (C=O) groups is 3. The minimum Gasteiger partial charge on any atom is -0.460 e. The van der Waals surface area contributed by atoms with E-state index in [1.54, 1.807) is 39.0 Å². The van der Waals surface area contributed by atoms with Crippen LogP contribution in [0.5, 0.6) is 0 Å². The van der Waals surface area contributed by atoms with Crippen molar-refractivity contribution in [1.82, 2.24) is 4.90 Å². The summed E-state index contributed by atoms with van der Waals surface area (Å²) in [4.78, 5) is 37.6. The smallest absolute Gasteiger partial charge is 0.306 e. The molecule has 0 aliphatic carbocycles. The number of ether oxygens (including phenoxy) is 1. The van der Waals surface area contributed by atoms with E-state index in [1.807, 2.05) is 0 Å². The number of anilines is 1. The average molecular weight is 333 g/mol. The first kappa shape index (κ1) is 17.8. The molecule has 0 fully saturated rings. The molecule has 1 aromatic carbocycles. The highest BCUT2D eigenvalue weighted by Gasteiger charge is 2.36. The average Bonchev–Trinajstić information content (AvgIpc) is 2.76. The molecule has 24 heavy (non-hydrogen) atoms. The van der Waals surface area contributed by atoms with Crippen molar-refractivity contribution < 1.29 is 19.1 Å². The fourth-order valence-electron chi connectivity index (χ4n) is 2.73. The van der Waals surface area contributed by atoms with E-state index >= 15 is 0 Å². The molecule has 0 saturated carbocycles. The van der Waals surface area contributed by atoms with Gasteiger partial charge in [-0.2, -0.15) is 0 Å². The number of hydrogen-bond acceptors (Lipinski definition) is 5. The van der Waals surface area contributed by atoms with Crippen LogP contribution < -0.4 is 11.5 Å². The van der Waals surface area contributed by atoms with Crippen LogP contribution in [0.2, 0.25) is 0 Å². The summed E-state index contributed by atoms with van der Waals surface area (Å²) in [5.74, 6) is -1.39. The molecule has 7 nitrogen and oxygen atoms in total.